The molecule has 1 amide bonds. The number of rotatable bonds is 4. The van der Waals surface area contributed by atoms with Crippen LogP contribution in [0.5, 0.6) is 0 Å². The first-order chi connectivity index (χ1) is 11.3. The molecule has 0 aromatic heterocycles. The van der Waals surface area contributed by atoms with Gasteiger partial charge in [0.15, 0.2) is 0 Å². The highest BCUT2D eigenvalue weighted by atomic mass is 16.6. The Hall–Kier alpha value is -0.810. The van der Waals surface area contributed by atoms with E-state index in [2.05, 4.69) is 17.6 Å². The molecule has 0 spiro atoms. The lowest BCUT2D eigenvalue weighted by Crippen LogP contribution is -2.43. The predicted octanol–water partition coefficient (Wildman–Crippen LogP) is 3.29. The van der Waals surface area contributed by atoms with Crippen LogP contribution in [0.1, 0.15) is 72.6 Å². The topological polar surface area (TPSA) is 53.6 Å². The second-order valence-electron chi connectivity index (χ2n) is 8.55. The van der Waals surface area contributed by atoms with Crippen LogP contribution in [0.3, 0.4) is 0 Å². The van der Waals surface area contributed by atoms with Gasteiger partial charge in [0, 0.05) is 31.2 Å². The molecule has 140 valence electrons. The molecule has 2 rings (SSSR count). The highest BCUT2D eigenvalue weighted by Crippen LogP contribution is 2.17. The van der Waals surface area contributed by atoms with Crippen LogP contribution in [0.4, 0.5) is 4.79 Å². The molecule has 2 aliphatic rings. The minimum atomic E-state index is -0.414. The van der Waals surface area contributed by atoms with E-state index in [0.29, 0.717) is 18.1 Å². The summed E-state index contributed by atoms with van der Waals surface area (Å²) in [5.41, 5.74) is -0.414. The molecule has 5 nitrogen and oxygen atoms in total. The smallest absolute Gasteiger partial charge is 0.410 e. The Kier molecular flexibility index (Phi) is 7.35. The van der Waals surface area contributed by atoms with Crippen molar-refractivity contribution in [2.24, 2.45) is 0 Å². The Morgan fingerprint density at radius 1 is 1.21 bits per heavy atom. The van der Waals surface area contributed by atoms with Crippen molar-refractivity contribution in [2.45, 2.75) is 96.4 Å². The van der Waals surface area contributed by atoms with E-state index in [1.54, 1.807) is 0 Å². The third kappa shape index (κ3) is 6.98. The van der Waals surface area contributed by atoms with E-state index >= 15 is 0 Å². The molecule has 3 atom stereocenters. The van der Waals surface area contributed by atoms with E-state index < -0.39 is 5.60 Å². The molecule has 2 aliphatic heterocycles. The molecule has 0 saturated carbocycles. The van der Waals surface area contributed by atoms with Crippen molar-refractivity contribution in [3.8, 4) is 0 Å². The van der Waals surface area contributed by atoms with Crippen LogP contribution >= 0.6 is 0 Å². The van der Waals surface area contributed by atoms with Gasteiger partial charge in [-0.15, -0.1) is 0 Å². The second kappa shape index (κ2) is 9.04. The monoisotopic (exact) mass is 339 g/mol. The Bertz CT molecular complexity index is 389. The molecule has 0 aliphatic carbocycles. The van der Waals surface area contributed by atoms with E-state index in [4.69, 9.17) is 4.74 Å². The van der Waals surface area contributed by atoms with E-state index in [1.165, 1.54) is 32.2 Å². The lowest BCUT2D eigenvalue weighted by molar-refractivity contribution is 0.0256. The van der Waals surface area contributed by atoms with Crippen LogP contribution in [-0.2, 0) is 4.74 Å². The van der Waals surface area contributed by atoms with Crippen LogP contribution in [-0.4, -0.2) is 54.4 Å². The summed E-state index contributed by atoms with van der Waals surface area (Å²) in [7, 11) is 0. The lowest BCUT2D eigenvalue weighted by Gasteiger charge is -2.29. The van der Waals surface area contributed by atoms with Crippen LogP contribution in [0.15, 0.2) is 0 Å². The van der Waals surface area contributed by atoms with E-state index in [9.17, 15) is 4.79 Å². The highest BCUT2D eigenvalue weighted by molar-refractivity contribution is 5.68. The van der Waals surface area contributed by atoms with Crippen LogP contribution in [0.2, 0.25) is 0 Å². The zero-order valence-corrected chi connectivity index (χ0v) is 16.1. The van der Waals surface area contributed by atoms with Gasteiger partial charge in [-0.1, -0.05) is 6.42 Å². The van der Waals surface area contributed by atoms with E-state index in [-0.39, 0.29) is 6.09 Å². The summed E-state index contributed by atoms with van der Waals surface area (Å²) in [6.45, 7) is 10.8. The summed E-state index contributed by atoms with van der Waals surface area (Å²) in [4.78, 5) is 14.1. The largest absolute Gasteiger partial charge is 0.444 e. The van der Waals surface area contributed by atoms with Gasteiger partial charge in [-0.2, -0.15) is 0 Å². The Morgan fingerprint density at radius 3 is 2.67 bits per heavy atom. The van der Waals surface area contributed by atoms with Gasteiger partial charge in [-0.05, 0) is 72.8 Å². The molecule has 2 saturated heterocycles. The number of nitrogens with zero attached hydrogens (tertiary/aromatic N) is 1. The minimum Gasteiger partial charge on any atom is -0.444 e. The highest BCUT2D eigenvalue weighted by Gasteiger charge is 2.26. The lowest BCUT2D eigenvalue weighted by atomic mass is 9.98. The van der Waals surface area contributed by atoms with Crippen molar-refractivity contribution in [3.63, 3.8) is 0 Å². The van der Waals surface area contributed by atoms with Crippen molar-refractivity contribution >= 4 is 6.09 Å². The van der Waals surface area contributed by atoms with E-state index in [0.717, 1.165) is 32.4 Å². The quantitative estimate of drug-likeness (QED) is 0.825. The number of carbonyl (C=O) groups is 1. The second-order valence-corrected chi connectivity index (χ2v) is 8.55. The van der Waals surface area contributed by atoms with Gasteiger partial charge >= 0.3 is 6.09 Å². The van der Waals surface area contributed by atoms with Crippen molar-refractivity contribution < 1.29 is 9.53 Å². The molecular formula is C19H37N3O2. The number of hydrogen-bond donors (Lipinski definition) is 2. The molecule has 2 N–H and O–H groups in total. The van der Waals surface area contributed by atoms with Gasteiger partial charge in [-0.3, -0.25) is 0 Å². The molecule has 0 radical (unpaired) electrons. The predicted molar refractivity (Wildman–Crippen MR) is 98.3 cm³/mol. The van der Waals surface area contributed by atoms with Crippen molar-refractivity contribution in [1.82, 2.24) is 15.5 Å². The Morgan fingerprint density at radius 2 is 2.00 bits per heavy atom. The maximum Gasteiger partial charge on any atom is 0.410 e. The summed E-state index contributed by atoms with van der Waals surface area (Å²) in [5, 5.41) is 7.43. The van der Waals surface area contributed by atoms with Crippen LogP contribution < -0.4 is 10.6 Å². The normalized spacial score (nSPS) is 27.4. The fraction of sp³-hybridized carbons (Fsp3) is 0.947. The molecule has 0 aromatic rings. The number of hydrogen-bond acceptors (Lipinski definition) is 4. The van der Waals surface area contributed by atoms with Crippen molar-refractivity contribution in [3.05, 3.63) is 0 Å². The van der Waals surface area contributed by atoms with Gasteiger partial charge in [0.2, 0.25) is 0 Å². The number of nitrogens with one attached hydrogen (secondary N) is 2. The summed E-state index contributed by atoms with van der Waals surface area (Å²) < 4.78 is 5.51. The average molecular weight is 340 g/mol. The number of likely N-dealkylation sites (tertiary alicyclic amines) is 1. The summed E-state index contributed by atoms with van der Waals surface area (Å²) in [6, 6.07) is 1.71. The molecular weight excluding hydrogens is 302 g/mol. The average Bonchev–Trinajstić information content (AvgIpc) is 2.72. The number of piperidine rings is 1. The standard InChI is InChI=1S/C19H37N3O2/c1-15(14-17-8-5-6-11-20-17)21-16-9-7-12-22(13-10-16)18(23)24-19(2,3)4/h15-17,20-21H,5-14H2,1-4H3. The fourth-order valence-corrected chi connectivity index (χ4v) is 3.79. The van der Waals surface area contributed by atoms with Gasteiger partial charge < -0.3 is 20.3 Å². The fourth-order valence-electron chi connectivity index (χ4n) is 3.79. The first-order valence-corrected chi connectivity index (χ1v) is 9.81. The van der Waals surface area contributed by atoms with E-state index in [1.807, 2.05) is 25.7 Å². The van der Waals surface area contributed by atoms with Gasteiger partial charge in [0.05, 0.1) is 0 Å². The van der Waals surface area contributed by atoms with Gasteiger partial charge in [0.25, 0.3) is 0 Å². The first-order valence-electron chi connectivity index (χ1n) is 9.81. The minimum absolute atomic E-state index is 0.164. The number of ether oxygens (including phenoxy) is 1. The molecule has 0 bridgehead atoms. The molecule has 0 aromatic carbocycles. The zero-order chi connectivity index (χ0) is 17.6. The SMILES string of the molecule is CC(CC1CCCCN1)NC1CCCN(C(=O)OC(C)(C)C)CC1. The summed E-state index contributed by atoms with van der Waals surface area (Å²) in [5.74, 6) is 0. The van der Waals surface area contributed by atoms with Crippen molar-refractivity contribution in [2.75, 3.05) is 19.6 Å². The summed E-state index contributed by atoms with van der Waals surface area (Å²) >= 11 is 0. The maximum atomic E-state index is 12.2. The first kappa shape index (κ1) is 19.5. The molecule has 24 heavy (non-hydrogen) atoms. The van der Waals surface area contributed by atoms with Crippen LogP contribution in [0.25, 0.3) is 0 Å². The Labute approximate surface area is 147 Å². The summed E-state index contributed by atoms with van der Waals surface area (Å²) in [6.07, 6.45) is 8.23. The molecule has 2 heterocycles. The number of carbonyl (C=O) groups excluding carboxylic acids is 1. The molecule has 3 unspecified atom stereocenters. The van der Waals surface area contributed by atoms with Gasteiger partial charge in [0.1, 0.15) is 5.60 Å². The maximum absolute atomic E-state index is 12.2. The zero-order valence-electron chi connectivity index (χ0n) is 16.1. The third-order valence-corrected chi connectivity index (χ3v) is 4.95. The third-order valence-electron chi connectivity index (χ3n) is 4.95. The van der Waals surface area contributed by atoms with Crippen molar-refractivity contribution in [1.29, 1.82) is 0 Å². The Balaban J connectivity index is 1.73. The molecule has 5 heteroatoms. The number of amides is 1. The van der Waals surface area contributed by atoms with Crippen LogP contribution in [0, 0.1) is 0 Å². The van der Waals surface area contributed by atoms with Gasteiger partial charge in [-0.25, -0.2) is 4.79 Å². The molecule has 2 fully saturated rings.